The van der Waals surface area contributed by atoms with Crippen LogP contribution in [-0.4, -0.2) is 51.2 Å². The minimum Gasteiger partial charge on any atom is -0.368 e. The van der Waals surface area contributed by atoms with Gasteiger partial charge >= 0.3 is 6.18 Å². The Bertz CT molecular complexity index is 1070. The minimum atomic E-state index is -4.56. The summed E-state index contributed by atoms with van der Waals surface area (Å²) in [5.41, 5.74) is 0.108. The van der Waals surface area contributed by atoms with Crippen LogP contribution in [0.25, 0.3) is 16.2 Å². The first-order chi connectivity index (χ1) is 14.4. The third-order valence-corrected chi connectivity index (χ3v) is 6.53. The summed E-state index contributed by atoms with van der Waals surface area (Å²) >= 11 is 1.34. The van der Waals surface area contributed by atoms with Gasteiger partial charge in [-0.15, -0.1) is 11.3 Å². The number of aromatic nitrogens is 3. The Morgan fingerprint density at radius 1 is 1.27 bits per heavy atom. The van der Waals surface area contributed by atoms with Crippen molar-refractivity contribution in [3.63, 3.8) is 0 Å². The maximum absolute atomic E-state index is 13.7. The van der Waals surface area contributed by atoms with Gasteiger partial charge in [-0.05, 0) is 36.8 Å². The van der Waals surface area contributed by atoms with Crippen LogP contribution in [0.4, 0.5) is 13.2 Å². The van der Waals surface area contributed by atoms with Crippen LogP contribution in [0.2, 0.25) is 0 Å². The number of alkyl halides is 3. The van der Waals surface area contributed by atoms with Gasteiger partial charge in [-0.2, -0.15) is 18.3 Å². The molecule has 0 bridgehead atoms. The zero-order valence-electron chi connectivity index (χ0n) is 15.9. The van der Waals surface area contributed by atoms with Crippen molar-refractivity contribution in [1.29, 1.82) is 0 Å². The molecule has 1 amide bonds. The molecule has 158 valence electrons. The number of amides is 1. The predicted molar refractivity (Wildman–Crippen MR) is 104 cm³/mol. The van der Waals surface area contributed by atoms with Crippen LogP contribution in [0.5, 0.6) is 0 Å². The molecule has 2 saturated heterocycles. The Morgan fingerprint density at radius 3 is 2.83 bits per heavy atom. The van der Waals surface area contributed by atoms with Crippen LogP contribution >= 0.6 is 11.3 Å². The van der Waals surface area contributed by atoms with E-state index in [1.165, 1.54) is 11.3 Å². The summed E-state index contributed by atoms with van der Waals surface area (Å²) in [4.78, 5) is 19.4. The zero-order chi connectivity index (χ0) is 20.9. The summed E-state index contributed by atoms with van der Waals surface area (Å²) in [7, 11) is 0. The van der Waals surface area contributed by atoms with Gasteiger partial charge in [0.05, 0.1) is 16.3 Å². The van der Waals surface area contributed by atoms with Gasteiger partial charge in [0.25, 0.3) is 5.91 Å². The largest absolute Gasteiger partial charge is 0.433 e. The first-order valence-electron chi connectivity index (χ1n) is 9.82. The van der Waals surface area contributed by atoms with E-state index in [9.17, 15) is 18.0 Å². The highest BCUT2D eigenvalue weighted by atomic mass is 32.1. The first-order valence-corrected chi connectivity index (χ1v) is 10.7. The molecular weight excluding hydrogens is 417 g/mol. The van der Waals surface area contributed by atoms with E-state index < -0.39 is 18.0 Å². The van der Waals surface area contributed by atoms with Crippen LogP contribution in [0.3, 0.4) is 0 Å². The van der Waals surface area contributed by atoms with E-state index in [0.29, 0.717) is 36.7 Å². The standard InChI is InChI=1S/C20H19F3N4O2S/c21-20(22,23)17-9-14(16-4-2-8-30-16)24-18-10-13(25-27(17)18)12-5-6-26(11-12)19(28)15-3-1-7-29-15/h2,4,8-10,12,15H,1,3,5-7,11H2/t12-,15-/m1/s1. The number of nitrogens with zero attached hydrogens (tertiary/aromatic N) is 4. The lowest BCUT2D eigenvalue weighted by molar-refractivity contribution is -0.142. The molecule has 5 rings (SSSR count). The van der Waals surface area contributed by atoms with Gasteiger partial charge in [-0.3, -0.25) is 4.79 Å². The molecule has 0 aromatic carbocycles. The van der Waals surface area contributed by atoms with Crippen molar-refractivity contribution < 1.29 is 22.7 Å². The number of likely N-dealkylation sites (tertiary alicyclic amines) is 1. The topological polar surface area (TPSA) is 59.7 Å². The van der Waals surface area contributed by atoms with Crippen molar-refractivity contribution in [2.75, 3.05) is 19.7 Å². The second kappa shape index (κ2) is 7.35. The summed E-state index contributed by atoms with van der Waals surface area (Å²) < 4.78 is 47.5. The first kappa shape index (κ1) is 19.5. The molecular formula is C20H19F3N4O2S. The SMILES string of the molecule is O=C([C@H]1CCCO1)N1CC[C@@H](c2cc3nc(-c4cccs4)cc(C(F)(F)F)n3n2)C1. The molecule has 0 unspecified atom stereocenters. The molecule has 3 aromatic rings. The highest BCUT2D eigenvalue weighted by molar-refractivity contribution is 7.13. The molecule has 0 spiro atoms. The smallest absolute Gasteiger partial charge is 0.368 e. The summed E-state index contributed by atoms with van der Waals surface area (Å²) in [5, 5.41) is 6.04. The fraction of sp³-hybridized carbons (Fsp3) is 0.450. The molecule has 10 heteroatoms. The van der Waals surface area contributed by atoms with E-state index >= 15 is 0 Å². The molecule has 0 N–H and O–H groups in total. The number of thiophene rings is 1. The average Bonchev–Trinajstić information content (AvgIpc) is 3.52. The monoisotopic (exact) mass is 436 g/mol. The summed E-state index contributed by atoms with van der Waals surface area (Å²) in [5.74, 6) is -0.156. The lowest BCUT2D eigenvalue weighted by Crippen LogP contribution is -2.37. The quantitative estimate of drug-likeness (QED) is 0.624. The number of fused-ring (bicyclic) bond motifs is 1. The highest BCUT2D eigenvalue weighted by Crippen LogP contribution is 2.35. The predicted octanol–water partition coefficient (Wildman–Crippen LogP) is 3.97. The third-order valence-electron chi connectivity index (χ3n) is 5.63. The number of halogens is 3. The summed E-state index contributed by atoms with van der Waals surface area (Å²) in [6, 6.07) is 6.17. The fourth-order valence-electron chi connectivity index (χ4n) is 4.12. The Hall–Kier alpha value is -2.46. The third kappa shape index (κ3) is 3.47. The van der Waals surface area contributed by atoms with Crippen LogP contribution in [0.1, 0.15) is 36.6 Å². The van der Waals surface area contributed by atoms with Gasteiger partial charge in [0.1, 0.15) is 6.10 Å². The van der Waals surface area contributed by atoms with Crippen molar-refractivity contribution >= 4 is 22.9 Å². The molecule has 3 aromatic heterocycles. The maximum Gasteiger partial charge on any atom is 0.433 e. The second-order valence-electron chi connectivity index (χ2n) is 7.61. The molecule has 30 heavy (non-hydrogen) atoms. The lowest BCUT2D eigenvalue weighted by atomic mass is 10.1. The molecule has 0 saturated carbocycles. The summed E-state index contributed by atoms with van der Waals surface area (Å²) in [6.07, 6.45) is -2.70. The Morgan fingerprint density at radius 2 is 2.13 bits per heavy atom. The molecule has 2 atom stereocenters. The Kier molecular flexibility index (Phi) is 4.78. The van der Waals surface area contributed by atoms with Crippen molar-refractivity contribution in [2.45, 2.75) is 37.5 Å². The molecule has 2 aliphatic rings. The molecule has 2 fully saturated rings. The van der Waals surface area contributed by atoms with Crippen molar-refractivity contribution in [3.05, 3.63) is 41.0 Å². The molecule has 2 aliphatic heterocycles. The number of hydrogen-bond acceptors (Lipinski definition) is 5. The number of rotatable bonds is 3. The van der Waals surface area contributed by atoms with Gasteiger partial charge in [0, 0.05) is 31.7 Å². The van der Waals surface area contributed by atoms with Gasteiger partial charge in [0.15, 0.2) is 11.3 Å². The lowest BCUT2D eigenvalue weighted by Gasteiger charge is -2.19. The van der Waals surface area contributed by atoms with Gasteiger partial charge < -0.3 is 9.64 Å². The number of carbonyl (C=O) groups excluding carboxylic acids is 1. The van der Waals surface area contributed by atoms with Crippen LogP contribution in [0.15, 0.2) is 29.6 Å². The molecule has 0 aliphatic carbocycles. The van der Waals surface area contributed by atoms with Gasteiger partial charge in [-0.1, -0.05) is 6.07 Å². The Labute approximate surface area is 174 Å². The van der Waals surface area contributed by atoms with Crippen molar-refractivity contribution in [1.82, 2.24) is 19.5 Å². The van der Waals surface area contributed by atoms with E-state index in [2.05, 4.69) is 10.1 Å². The van der Waals surface area contributed by atoms with E-state index in [0.717, 1.165) is 23.4 Å². The Balaban J connectivity index is 1.46. The maximum atomic E-state index is 13.7. The zero-order valence-corrected chi connectivity index (χ0v) is 16.7. The minimum absolute atomic E-state index is 0.0344. The molecule has 6 nitrogen and oxygen atoms in total. The normalized spacial score (nSPS) is 22.3. The number of ether oxygens (including phenoxy) is 1. The van der Waals surface area contributed by atoms with E-state index in [1.54, 1.807) is 28.5 Å². The second-order valence-corrected chi connectivity index (χ2v) is 8.56. The highest BCUT2D eigenvalue weighted by Gasteiger charge is 2.37. The van der Waals surface area contributed by atoms with Crippen LogP contribution in [0, 0.1) is 0 Å². The van der Waals surface area contributed by atoms with E-state index in [1.807, 2.05) is 0 Å². The van der Waals surface area contributed by atoms with Crippen LogP contribution < -0.4 is 0 Å². The van der Waals surface area contributed by atoms with Crippen molar-refractivity contribution in [2.24, 2.45) is 0 Å². The molecule has 0 radical (unpaired) electrons. The number of hydrogen-bond donors (Lipinski definition) is 0. The van der Waals surface area contributed by atoms with E-state index in [-0.39, 0.29) is 23.2 Å². The van der Waals surface area contributed by atoms with Gasteiger partial charge in [0.2, 0.25) is 0 Å². The average molecular weight is 436 g/mol. The molecule has 5 heterocycles. The van der Waals surface area contributed by atoms with E-state index in [4.69, 9.17) is 4.74 Å². The summed E-state index contributed by atoms with van der Waals surface area (Å²) in [6.45, 7) is 1.58. The fourth-order valence-corrected chi connectivity index (χ4v) is 4.81. The van der Waals surface area contributed by atoms with Gasteiger partial charge in [-0.25, -0.2) is 9.50 Å². The van der Waals surface area contributed by atoms with Crippen molar-refractivity contribution in [3.8, 4) is 10.6 Å². The van der Waals surface area contributed by atoms with Crippen LogP contribution in [-0.2, 0) is 15.7 Å². The number of carbonyl (C=O) groups is 1.